The highest BCUT2D eigenvalue weighted by atomic mass is 35.5. The van der Waals surface area contributed by atoms with Gasteiger partial charge in [0.15, 0.2) is 5.78 Å². The molecule has 0 aliphatic carbocycles. The van der Waals surface area contributed by atoms with Crippen molar-refractivity contribution in [3.05, 3.63) is 125 Å². The first kappa shape index (κ1) is 27.7. The number of para-hydroxylation sites is 2. The summed E-state index contributed by atoms with van der Waals surface area (Å²) in [5.74, 6) is -0.796. The number of amides is 1. The Morgan fingerprint density at radius 2 is 1.46 bits per heavy atom. The lowest BCUT2D eigenvalue weighted by Gasteiger charge is -2.28. The van der Waals surface area contributed by atoms with Crippen molar-refractivity contribution >= 4 is 36.8 Å². The van der Waals surface area contributed by atoms with Gasteiger partial charge in [0.25, 0.3) is 5.84 Å². The van der Waals surface area contributed by atoms with Crippen LogP contribution in [0.25, 0.3) is 6.08 Å². The molecule has 4 aromatic rings. The molecule has 0 radical (unpaired) electrons. The van der Waals surface area contributed by atoms with Crippen molar-refractivity contribution in [1.82, 2.24) is 5.32 Å². The molecule has 0 bridgehead atoms. The summed E-state index contributed by atoms with van der Waals surface area (Å²) in [5, 5.41) is 10.4. The van der Waals surface area contributed by atoms with Crippen LogP contribution in [0.2, 0.25) is 0 Å². The average molecular weight is 554 g/mol. The normalized spacial score (nSPS) is 11.8. The number of carbonyl (C=O) groups is 1. The molecule has 4 rings (SSSR count). The minimum Gasteiger partial charge on any atom is -1.00 e. The van der Waals surface area contributed by atoms with E-state index in [4.69, 9.17) is 20.2 Å². The molecular formula is C27H25ClN3O4PS. The Balaban J connectivity index is 0.00000380. The smallest absolute Gasteiger partial charge is 0.457 e. The fraction of sp³-hybridized carbons (Fsp3) is 0.0370. The summed E-state index contributed by atoms with van der Waals surface area (Å²) in [4.78, 5) is 13.9. The summed E-state index contributed by atoms with van der Waals surface area (Å²) in [5.41, 5.74) is 6.80. The molecule has 1 heterocycles. The van der Waals surface area contributed by atoms with Gasteiger partial charge in [-0.2, -0.15) is 0 Å². The minimum atomic E-state index is -4.10. The number of halogens is 1. The van der Waals surface area contributed by atoms with Crippen LogP contribution in [-0.4, -0.2) is 11.7 Å². The molecule has 1 aromatic heterocycles. The highest BCUT2D eigenvalue weighted by Crippen LogP contribution is 2.59. The molecule has 0 saturated carbocycles. The molecule has 0 saturated heterocycles. The van der Waals surface area contributed by atoms with E-state index >= 15 is 0 Å². The molecule has 1 amide bonds. The summed E-state index contributed by atoms with van der Waals surface area (Å²) in [6.07, 6.45) is 3.07. The molecule has 3 aromatic carbocycles. The second kappa shape index (κ2) is 12.9. The number of hydrogen-bond donors (Lipinski definition) is 3. The van der Waals surface area contributed by atoms with Crippen LogP contribution >= 0.6 is 18.9 Å². The van der Waals surface area contributed by atoms with Crippen molar-refractivity contribution in [3.63, 3.8) is 0 Å². The van der Waals surface area contributed by atoms with Crippen molar-refractivity contribution < 1.29 is 36.2 Å². The predicted octanol–water partition coefficient (Wildman–Crippen LogP) is 1.40. The van der Waals surface area contributed by atoms with E-state index in [0.29, 0.717) is 22.6 Å². The predicted molar refractivity (Wildman–Crippen MR) is 143 cm³/mol. The summed E-state index contributed by atoms with van der Waals surface area (Å²) in [6, 6.07) is 27.8. The van der Waals surface area contributed by atoms with Gasteiger partial charge in [-0.3, -0.25) is 15.9 Å². The molecule has 1 atom stereocenters. The first-order valence-corrected chi connectivity index (χ1v) is 13.5. The monoisotopic (exact) mass is 553 g/mol. The molecule has 37 heavy (non-hydrogen) atoms. The number of nitrogens with two attached hydrogens (primary N) is 2. The number of benzene rings is 3. The second-order valence-corrected chi connectivity index (χ2v) is 10.6. The van der Waals surface area contributed by atoms with E-state index in [2.05, 4.69) is 5.32 Å². The third kappa shape index (κ3) is 7.57. The van der Waals surface area contributed by atoms with Crippen LogP contribution < -0.4 is 37.9 Å². The van der Waals surface area contributed by atoms with Gasteiger partial charge in [0.05, 0.1) is 5.56 Å². The SMILES string of the molecule is NC(=[NH2+])c1ccc(C(NC(=O)/C=C/c2cccs2)P(=O)(Oc2ccccc2)Oc2ccccc2)cc1.[Cl-]. The van der Waals surface area contributed by atoms with Gasteiger partial charge in [-0.25, -0.2) is 4.57 Å². The van der Waals surface area contributed by atoms with Crippen LogP contribution in [0.3, 0.4) is 0 Å². The van der Waals surface area contributed by atoms with Gasteiger partial charge in [-0.05, 0) is 59.5 Å². The maximum absolute atomic E-state index is 14.5. The summed E-state index contributed by atoms with van der Waals surface area (Å²) in [6.45, 7) is 0. The molecule has 0 spiro atoms. The summed E-state index contributed by atoms with van der Waals surface area (Å²) < 4.78 is 26.5. The van der Waals surface area contributed by atoms with Crippen molar-refractivity contribution in [2.75, 3.05) is 0 Å². The quantitative estimate of drug-likeness (QED) is 0.119. The molecule has 190 valence electrons. The van der Waals surface area contributed by atoms with E-state index in [-0.39, 0.29) is 18.2 Å². The van der Waals surface area contributed by atoms with E-state index in [1.807, 2.05) is 29.6 Å². The Morgan fingerprint density at radius 3 is 1.95 bits per heavy atom. The minimum absolute atomic E-state index is 0. The summed E-state index contributed by atoms with van der Waals surface area (Å²) >= 11 is 1.50. The number of rotatable bonds is 10. The lowest BCUT2D eigenvalue weighted by Crippen LogP contribution is -3.00. The molecule has 1 unspecified atom stereocenters. The number of nitrogens with one attached hydrogen (secondary N) is 1. The van der Waals surface area contributed by atoms with Gasteiger partial charge < -0.3 is 26.8 Å². The lowest BCUT2D eigenvalue weighted by atomic mass is 10.1. The maximum Gasteiger partial charge on any atom is 0.457 e. The third-order valence-electron chi connectivity index (χ3n) is 5.05. The Labute approximate surface area is 225 Å². The Bertz CT molecular complexity index is 1340. The van der Waals surface area contributed by atoms with Gasteiger partial charge in [0, 0.05) is 11.0 Å². The molecule has 10 heteroatoms. The lowest BCUT2D eigenvalue weighted by molar-refractivity contribution is -0.117. The third-order valence-corrected chi connectivity index (χ3v) is 7.88. The van der Waals surface area contributed by atoms with Crippen LogP contribution in [-0.2, 0) is 9.36 Å². The topological polar surface area (TPSA) is 116 Å². The van der Waals surface area contributed by atoms with Crippen molar-refractivity contribution in [3.8, 4) is 11.5 Å². The standard InChI is InChI=1S/C27H24N3O4PS.ClH/c28-26(29)20-13-15-21(16-14-20)27(30-25(31)18-17-24-12-7-19-36-24)35(32,33-22-8-3-1-4-9-22)34-23-10-5-2-6-11-23;/h1-19,27H,(H3,28,29)(H,30,31);1H/b18-17+;. The number of hydrogen-bond acceptors (Lipinski definition) is 5. The molecule has 5 N–H and O–H groups in total. The molecule has 0 fully saturated rings. The fourth-order valence-corrected chi connectivity index (χ4v) is 5.83. The number of amidine groups is 1. The van der Waals surface area contributed by atoms with Crippen LogP contribution in [0.15, 0.2) is 109 Å². The zero-order chi connectivity index (χ0) is 25.4. The fourth-order valence-electron chi connectivity index (χ4n) is 3.31. The Morgan fingerprint density at radius 1 is 0.892 bits per heavy atom. The van der Waals surface area contributed by atoms with Gasteiger partial charge in [-0.1, -0.05) is 54.6 Å². The van der Waals surface area contributed by atoms with E-state index in [1.54, 1.807) is 78.9 Å². The first-order chi connectivity index (χ1) is 17.4. The van der Waals surface area contributed by atoms with E-state index < -0.39 is 19.3 Å². The number of thiophene rings is 1. The van der Waals surface area contributed by atoms with Gasteiger partial charge in [0.1, 0.15) is 11.5 Å². The van der Waals surface area contributed by atoms with Crippen molar-refractivity contribution in [2.45, 2.75) is 5.78 Å². The first-order valence-electron chi connectivity index (χ1n) is 11.0. The average Bonchev–Trinajstić information content (AvgIpc) is 3.41. The second-order valence-electron chi connectivity index (χ2n) is 7.69. The number of carbonyl (C=O) groups excluding carboxylic acids is 1. The zero-order valence-corrected chi connectivity index (χ0v) is 22.0. The molecule has 0 aliphatic rings. The summed E-state index contributed by atoms with van der Waals surface area (Å²) in [7, 11) is -4.10. The van der Waals surface area contributed by atoms with Gasteiger partial charge in [-0.15, -0.1) is 11.3 Å². The molecule has 0 aliphatic heterocycles. The van der Waals surface area contributed by atoms with Crippen molar-refractivity contribution in [1.29, 1.82) is 0 Å². The van der Waals surface area contributed by atoms with Crippen LogP contribution in [0, 0.1) is 0 Å². The Hall–Kier alpha value is -3.84. The van der Waals surface area contributed by atoms with Crippen molar-refractivity contribution in [2.24, 2.45) is 5.73 Å². The van der Waals surface area contributed by atoms with E-state index in [1.165, 1.54) is 17.4 Å². The van der Waals surface area contributed by atoms with E-state index in [9.17, 15) is 9.36 Å². The van der Waals surface area contributed by atoms with E-state index in [0.717, 1.165) is 4.88 Å². The Kier molecular flexibility index (Phi) is 9.69. The highest BCUT2D eigenvalue weighted by Gasteiger charge is 2.42. The van der Waals surface area contributed by atoms with Gasteiger partial charge >= 0.3 is 7.60 Å². The largest absolute Gasteiger partial charge is 1.00 e. The van der Waals surface area contributed by atoms with Crippen LogP contribution in [0.1, 0.15) is 21.8 Å². The maximum atomic E-state index is 14.5. The highest BCUT2D eigenvalue weighted by molar-refractivity contribution is 7.55. The molecule has 7 nitrogen and oxygen atoms in total. The van der Waals surface area contributed by atoms with Crippen LogP contribution in [0.5, 0.6) is 11.5 Å². The van der Waals surface area contributed by atoms with Crippen LogP contribution in [0.4, 0.5) is 0 Å². The zero-order valence-electron chi connectivity index (χ0n) is 19.6. The molecular weight excluding hydrogens is 529 g/mol. The van der Waals surface area contributed by atoms with Gasteiger partial charge in [0.2, 0.25) is 5.91 Å².